The van der Waals surface area contributed by atoms with E-state index in [1.807, 2.05) is 164 Å². The lowest BCUT2D eigenvalue weighted by Crippen LogP contribution is -2.51. The van der Waals surface area contributed by atoms with Crippen LogP contribution in [0.3, 0.4) is 0 Å². The molecule has 1 amide bonds. The monoisotopic (exact) mass is 627 g/mol. The topological polar surface area (TPSA) is 66.0 Å². The minimum Gasteiger partial charge on any atom is -0.445 e. The van der Waals surface area contributed by atoms with E-state index in [9.17, 15) is 4.79 Å². The van der Waals surface area contributed by atoms with Gasteiger partial charge < -0.3 is 24.3 Å². The first-order valence-electron chi connectivity index (χ1n) is 15.9. The van der Waals surface area contributed by atoms with Crippen molar-refractivity contribution in [3.05, 3.63) is 186 Å². The summed E-state index contributed by atoms with van der Waals surface area (Å²) in [6.45, 7) is 1.45. The van der Waals surface area contributed by atoms with Gasteiger partial charge in [0.05, 0.1) is 32.5 Å². The summed E-state index contributed by atoms with van der Waals surface area (Å²) in [6, 6.07) is 48.9. The molecule has 0 aromatic heterocycles. The second kappa shape index (κ2) is 18.8. The van der Waals surface area contributed by atoms with Crippen LogP contribution in [0.2, 0.25) is 0 Å². The Kier molecular flexibility index (Phi) is 13.4. The van der Waals surface area contributed by atoms with E-state index in [1.165, 1.54) is 0 Å². The molecule has 0 bridgehead atoms. The lowest BCUT2D eigenvalue weighted by molar-refractivity contribution is -0.122. The lowest BCUT2D eigenvalue weighted by atomic mass is 10.0. The Labute approximate surface area is 277 Å². The Bertz CT molecular complexity index is 1600. The molecule has 0 fully saturated rings. The van der Waals surface area contributed by atoms with Gasteiger partial charge in [-0.3, -0.25) is 0 Å². The van der Waals surface area contributed by atoms with Crippen molar-refractivity contribution in [1.29, 1.82) is 0 Å². The van der Waals surface area contributed by atoms with E-state index in [0.717, 1.165) is 27.8 Å². The summed E-state index contributed by atoms with van der Waals surface area (Å²) < 4.78 is 25.2. The molecule has 0 saturated heterocycles. The average molecular weight is 628 g/mol. The summed E-state index contributed by atoms with van der Waals surface area (Å²) in [7, 11) is 0. The van der Waals surface area contributed by atoms with Crippen LogP contribution < -0.4 is 5.32 Å². The molecule has 240 valence electrons. The van der Waals surface area contributed by atoms with Crippen LogP contribution in [0.1, 0.15) is 27.8 Å². The molecule has 5 rings (SSSR count). The molecule has 3 atom stereocenters. The number of hydrogen-bond donors (Lipinski definition) is 1. The lowest BCUT2D eigenvalue weighted by Gasteiger charge is -2.33. The van der Waals surface area contributed by atoms with Crippen LogP contribution in [0.25, 0.3) is 6.08 Å². The van der Waals surface area contributed by atoms with E-state index < -0.39 is 24.3 Å². The third-order valence-electron chi connectivity index (χ3n) is 7.50. The normalized spacial score (nSPS) is 13.1. The van der Waals surface area contributed by atoms with Gasteiger partial charge >= 0.3 is 6.09 Å². The van der Waals surface area contributed by atoms with Crippen molar-refractivity contribution < 1.29 is 23.7 Å². The number of carbonyl (C=O) groups excluding carboxylic acids is 1. The highest BCUT2D eigenvalue weighted by molar-refractivity contribution is 5.68. The molecule has 0 aliphatic carbocycles. The molecule has 6 heteroatoms. The van der Waals surface area contributed by atoms with Crippen LogP contribution in [0.5, 0.6) is 0 Å². The molecular weight excluding hydrogens is 586 g/mol. The van der Waals surface area contributed by atoms with Crippen LogP contribution in [-0.4, -0.2) is 30.9 Å². The Morgan fingerprint density at radius 2 is 1.00 bits per heavy atom. The molecule has 0 heterocycles. The summed E-state index contributed by atoms with van der Waals surface area (Å²) in [5.41, 5.74) is 4.96. The SMILES string of the molecule is O=C(N[C@H](C=Cc1ccccc1)[C@H](OCc1ccccc1)[C@H](COCc1ccccc1)OCc1ccccc1)OCc1ccccc1. The Balaban J connectivity index is 1.42. The molecule has 5 aromatic carbocycles. The van der Waals surface area contributed by atoms with E-state index in [2.05, 4.69) is 5.32 Å². The van der Waals surface area contributed by atoms with Crippen LogP contribution in [-0.2, 0) is 45.4 Å². The molecule has 0 spiro atoms. The molecule has 0 radical (unpaired) electrons. The van der Waals surface area contributed by atoms with Crippen molar-refractivity contribution in [2.24, 2.45) is 0 Å². The first-order valence-corrected chi connectivity index (χ1v) is 15.9. The van der Waals surface area contributed by atoms with E-state index >= 15 is 0 Å². The number of benzene rings is 5. The van der Waals surface area contributed by atoms with Crippen LogP contribution >= 0.6 is 0 Å². The molecule has 0 aliphatic heterocycles. The molecule has 6 nitrogen and oxygen atoms in total. The minimum absolute atomic E-state index is 0.144. The van der Waals surface area contributed by atoms with Gasteiger partial charge in [-0.2, -0.15) is 0 Å². The Morgan fingerprint density at radius 3 is 1.53 bits per heavy atom. The molecule has 0 unspecified atom stereocenters. The quantitative estimate of drug-likeness (QED) is 0.112. The summed E-state index contributed by atoms with van der Waals surface area (Å²) in [5.74, 6) is 0. The molecule has 5 aromatic rings. The zero-order valence-electron chi connectivity index (χ0n) is 26.4. The maximum absolute atomic E-state index is 13.3. The number of ether oxygens (including phenoxy) is 4. The van der Waals surface area contributed by atoms with Crippen molar-refractivity contribution in [1.82, 2.24) is 5.32 Å². The van der Waals surface area contributed by atoms with Crippen molar-refractivity contribution in [3.8, 4) is 0 Å². The third-order valence-corrected chi connectivity index (χ3v) is 7.50. The Hall–Kier alpha value is -5.01. The van der Waals surface area contributed by atoms with Gasteiger partial charge in [0, 0.05) is 0 Å². The first-order chi connectivity index (χ1) is 23.2. The number of hydrogen-bond acceptors (Lipinski definition) is 5. The average Bonchev–Trinajstić information content (AvgIpc) is 3.13. The maximum Gasteiger partial charge on any atom is 0.408 e. The van der Waals surface area contributed by atoms with Gasteiger partial charge in [-0.15, -0.1) is 0 Å². The molecule has 47 heavy (non-hydrogen) atoms. The van der Waals surface area contributed by atoms with Gasteiger partial charge in [0.2, 0.25) is 0 Å². The number of alkyl carbamates (subject to hydrolysis) is 1. The minimum atomic E-state index is -0.640. The smallest absolute Gasteiger partial charge is 0.408 e. The third kappa shape index (κ3) is 11.7. The fourth-order valence-corrected chi connectivity index (χ4v) is 5.01. The predicted octanol–water partition coefficient (Wildman–Crippen LogP) is 8.38. The largest absolute Gasteiger partial charge is 0.445 e. The van der Waals surface area contributed by atoms with Gasteiger partial charge in [0.15, 0.2) is 0 Å². The molecule has 1 N–H and O–H groups in total. The number of nitrogens with one attached hydrogen (secondary N) is 1. The number of amides is 1. The summed E-state index contributed by atoms with van der Waals surface area (Å²) >= 11 is 0. The second-order valence-corrected chi connectivity index (χ2v) is 11.1. The standard InChI is InChI=1S/C41H41NO5/c43-41(47-31-37-24-14-5-15-25-37)42-38(27-26-33-16-6-1-7-17-33)40(46-30-36-22-12-4-13-23-36)39(45-29-35-20-10-3-11-21-35)32-44-28-34-18-8-2-9-19-34/h1-27,38-40H,28-32H2,(H,42,43)/t38-,39+,40+/m1/s1. The van der Waals surface area contributed by atoms with Crippen LogP contribution in [0, 0.1) is 0 Å². The highest BCUT2D eigenvalue weighted by atomic mass is 16.6. The summed E-state index contributed by atoms with van der Waals surface area (Å²) in [6.07, 6.45) is 2.16. The number of carbonyl (C=O) groups is 1. The van der Waals surface area contributed by atoms with Crippen LogP contribution in [0.4, 0.5) is 4.79 Å². The fourth-order valence-electron chi connectivity index (χ4n) is 5.01. The predicted molar refractivity (Wildman–Crippen MR) is 185 cm³/mol. The zero-order chi connectivity index (χ0) is 32.4. The zero-order valence-corrected chi connectivity index (χ0v) is 26.4. The van der Waals surface area contributed by atoms with E-state index in [-0.39, 0.29) is 13.2 Å². The van der Waals surface area contributed by atoms with Crippen molar-refractivity contribution >= 4 is 12.2 Å². The van der Waals surface area contributed by atoms with E-state index in [1.54, 1.807) is 0 Å². The molecular formula is C41H41NO5. The van der Waals surface area contributed by atoms with E-state index in [4.69, 9.17) is 18.9 Å². The van der Waals surface area contributed by atoms with Gasteiger partial charge in [0.1, 0.15) is 18.8 Å². The first kappa shape index (κ1) is 33.4. The second-order valence-electron chi connectivity index (χ2n) is 11.1. The van der Waals surface area contributed by atoms with Crippen molar-refractivity contribution in [2.45, 2.75) is 44.7 Å². The van der Waals surface area contributed by atoms with Crippen molar-refractivity contribution in [2.75, 3.05) is 6.61 Å². The van der Waals surface area contributed by atoms with Gasteiger partial charge in [-0.05, 0) is 27.8 Å². The molecule has 0 saturated carbocycles. The maximum atomic E-state index is 13.3. The number of rotatable bonds is 17. The van der Waals surface area contributed by atoms with Crippen molar-refractivity contribution in [3.63, 3.8) is 0 Å². The van der Waals surface area contributed by atoms with Crippen LogP contribution in [0.15, 0.2) is 158 Å². The van der Waals surface area contributed by atoms with Gasteiger partial charge in [-0.1, -0.05) is 164 Å². The van der Waals surface area contributed by atoms with Gasteiger partial charge in [-0.25, -0.2) is 4.79 Å². The Morgan fingerprint density at radius 1 is 0.553 bits per heavy atom. The fraction of sp³-hybridized carbons (Fsp3) is 0.195. The highest BCUT2D eigenvalue weighted by Gasteiger charge is 2.32. The molecule has 0 aliphatic rings. The van der Waals surface area contributed by atoms with E-state index in [0.29, 0.717) is 19.8 Å². The highest BCUT2D eigenvalue weighted by Crippen LogP contribution is 2.19. The summed E-state index contributed by atoms with van der Waals surface area (Å²) in [5, 5.41) is 3.07. The van der Waals surface area contributed by atoms with Gasteiger partial charge in [0.25, 0.3) is 0 Å². The summed E-state index contributed by atoms with van der Waals surface area (Å²) in [4.78, 5) is 13.3.